The van der Waals surface area contributed by atoms with Crippen LogP contribution in [0.15, 0.2) is 66.1 Å². The maximum absolute atomic E-state index is 12.9. The number of pyridine rings is 1. The number of aromatic nitrogens is 3. The molecule has 1 unspecified atom stereocenters. The van der Waals surface area contributed by atoms with Gasteiger partial charge in [0.15, 0.2) is 0 Å². The summed E-state index contributed by atoms with van der Waals surface area (Å²) in [5.74, 6) is -0.102. The van der Waals surface area contributed by atoms with Gasteiger partial charge in [-0.15, -0.1) is 0 Å². The van der Waals surface area contributed by atoms with Crippen LogP contribution in [0.2, 0.25) is 0 Å². The van der Waals surface area contributed by atoms with E-state index in [0.717, 1.165) is 17.0 Å². The van der Waals surface area contributed by atoms with Crippen LogP contribution in [-0.2, 0) is 27.7 Å². The Morgan fingerprint density at radius 3 is 2.50 bits per heavy atom. The molecule has 0 spiro atoms. The van der Waals surface area contributed by atoms with Crippen molar-refractivity contribution in [2.75, 3.05) is 26.5 Å². The second-order valence-electron chi connectivity index (χ2n) is 7.26. The van der Waals surface area contributed by atoms with Crippen molar-refractivity contribution in [3.63, 3.8) is 0 Å². The lowest BCUT2D eigenvalue weighted by atomic mass is 10.2. The maximum Gasteiger partial charge on any atom is 0.228 e. The van der Waals surface area contributed by atoms with E-state index in [1.165, 1.54) is 7.11 Å². The molecule has 3 rings (SSSR count). The molecule has 2 aromatic heterocycles. The molecule has 1 aromatic carbocycles. The molecule has 0 fully saturated rings. The highest BCUT2D eigenvalue weighted by Crippen LogP contribution is 2.22. The molecular formula is C22H28N4O3S. The summed E-state index contributed by atoms with van der Waals surface area (Å²) >= 11 is 0. The summed E-state index contributed by atoms with van der Waals surface area (Å²) in [5.41, 5.74) is 2.81. The van der Waals surface area contributed by atoms with Crippen molar-refractivity contribution in [3.05, 3.63) is 77.9 Å². The quantitative estimate of drug-likeness (QED) is 0.494. The zero-order valence-electron chi connectivity index (χ0n) is 17.6. The van der Waals surface area contributed by atoms with E-state index >= 15 is 0 Å². The van der Waals surface area contributed by atoms with Gasteiger partial charge in [-0.2, -0.15) is 0 Å². The zero-order valence-corrected chi connectivity index (χ0v) is 18.4. The van der Waals surface area contributed by atoms with Crippen LogP contribution in [0.4, 0.5) is 0 Å². The van der Waals surface area contributed by atoms with Crippen molar-refractivity contribution in [1.29, 1.82) is 0 Å². The predicted molar refractivity (Wildman–Crippen MR) is 116 cm³/mol. The molecule has 0 saturated heterocycles. The maximum atomic E-state index is 12.9. The van der Waals surface area contributed by atoms with E-state index in [-0.39, 0.29) is 23.6 Å². The van der Waals surface area contributed by atoms with Crippen molar-refractivity contribution in [2.24, 2.45) is 0 Å². The number of rotatable bonds is 10. The first-order valence-electron chi connectivity index (χ1n) is 9.83. The van der Waals surface area contributed by atoms with Crippen LogP contribution in [0.5, 0.6) is 0 Å². The summed E-state index contributed by atoms with van der Waals surface area (Å²) in [6, 6.07) is 15.7. The van der Waals surface area contributed by atoms with Gasteiger partial charge in [-0.3, -0.25) is 9.88 Å². The van der Waals surface area contributed by atoms with Gasteiger partial charge in [0, 0.05) is 25.9 Å². The van der Waals surface area contributed by atoms with Gasteiger partial charge in [0.25, 0.3) is 0 Å². The SMILES string of the molecule is COCCS(=O)(=O)c1ncc(CN(C)C(C)c2ccccn2)n1Cc1ccccc1. The van der Waals surface area contributed by atoms with Gasteiger partial charge in [0.2, 0.25) is 15.0 Å². The summed E-state index contributed by atoms with van der Waals surface area (Å²) in [6.07, 6.45) is 3.43. The van der Waals surface area contributed by atoms with Crippen LogP contribution in [0.3, 0.4) is 0 Å². The molecule has 0 saturated carbocycles. The predicted octanol–water partition coefficient (Wildman–Crippen LogP) is 2.94. The van der Waals surface area contributed by atoms with Crippen LogP contribution >= 0.6 is 0 Å². The highest BCUT2D eigenvalue weighted by atomic mass is 32.2. The minimum absolute atomic E-state index is 0.0693. The van der Waals surface area contributed by atoms with Gasteiger partial charge < -0.3 is 9.30 Å². The molecule has 0 aliphatic rings. The third kappa shape index (κ3) is 5.33. The fourth-order valence-corrected chi connectivity index (χ4v) is 4.53. The highest BCUT2D eigenvalue weighted by molar-refractivity contribution is 7.91. The molecule has 7 nitrogen and oxygen atoms in total. The minimum atomic E-state index is -3.56. The first-order chi connectivity index (χ1) is 14.4. The molecule has 3 aromatic rings. The number of hydrogen-bond donors (Lipinski definition) is 0. The van der Waals surface area contributed by atoms with E-state index in [2.05, 4.69) is 21.8 Å². The van der Waals surface area contributed by atoms with Crippen LogP contribution in [0.25, 0.3) is 0 Å². The molecule has 8 heteroatoms. The number of imidazole rings is 1. The number of nitrogens with zero attached hydrogens (tertiary/aromatic N) is 4. The van der Waals surface area contributed by atoms with Gasteiger partial charge in [-0.05, 0) is 31.7 Å². The molecular weight excluding hydrogens is 400 g/mol. The zero-order chi connectivity index (χ0) is 21.6. The summed E-state index contributed by atoms with van der Waals surface area (Å²) < 4.78 is 32.5. The van der Waals surface area contributed by atoms with Gasteiger partial charge in [0.1, 0.15) is 0 Å². The van der Waals surface area contributed by atoms with E-state index < -0.39 is 9.84 Å². The molecule has 0 aliphatic carbocycles. The van der Waals surface area contributed by atoms with E-state index in [1.54, 1.807) is 17.0 Å². The molecule has 0 bridgehead atoms. The van der Waals surface area contributed by atoms with Crippen molar-refractivity contribution >= 4 is 9.84 Å². The molecule has 0 N–H and O–H groups in total. The molecule has 30 heavy (non-hydrogen) atoms. The Bertz CT molecular complexity index is 1040. The monoisotopic (exact) mass is 428 g/mol. The largest absolute Gasteiger partial charge is 0.384 e. The van der Waals surface area contributed by atoms with Crippen molar-refractivity contribution in [2.45, 2.75) is 31.2 Å². The Morgan fingerprint density at radius 1 is 1.10 bits per heavy atom. The molecule has 0 radical (unpaired) electrons. The number of sulfone groups is 1. The fourth-order valence-electron chi connectivity index (χ4n) is 3.23. The molecule has 1 atom stereocenters. The number of benzene rings is 1. The Labute approximate surface area is 178 Å². The fraction of sp³-hybridized carbons (Fsp3) is 0.364. The Hall–Kier alpha value is -2.55. The van der Waals surface area contributed by atoms with Crippen molar-refractivity contribution in [1.82, 2.24) is 19.4 Å². The Morgan fingerprint density at radius 2 is 1.83 bits per heavy atom. The topological polar surface area (TPSA) is 77.3 Å². The minimum Gasteiger partial charge on any atom is -0.384 e. The average Bonchev–Trinajstić information content (AvgIpc) is 3.16. The summed E-state index contributed by atoms with van der Waals surface area (Å²) in [6.45, 7) is 3.18. The lowest BCUT2D eigenvalue weighted by Crippen LogP contribution is -2.25. The van der Waals surface area contributed by atoms with E-state index in [4.69, 9.17) is 4.74 Å². The van der Waals surface area contributed by atoms with E-state index in [1.807, 2.05) is 55.6 Å². The third-order valence-electron chi connectivity index (χ3n) is 5.11. The lowest BCUT2D eigenvalue weighted by molar-refractivity contribution is 0.217. The number of ether oxygens (including phenoxy) is 1. The van der Waals surface area contributed by atoms with Crippen molar-refractivity contribution < 1.29 is 13.2 Å². The standard InChI is InChI=1S/C22H28N4O3S/c1-18(21-11-7-8-12-23-21)25(2)17-20-15-24-22(30(27,28)14-13-29-3)26(20)16-19-9-5-4-6-10-19/h4-12,15,18H,13-14,16-17H2,1-3H3. The summed E-state index contributed by atoms with van der Waals surface area (Å²) in [5, 5.41) is 0.0808. The highest BCUT2D eigenvalue weighted by Gasteiger charge is 2.24. The number of hydrogen-bond acceptors (Lipinski definition) is 6. The molecule has 0 amide bonds. The van der Waals surface area contributed by atoms with Gasteiger partial charge in [-0.1, -0.05) is 36.4 Å². The first kappa shape index (κ1) is 22.1. The van der Waals surface area contributed by atoms with Gasteiger partial charge >= 0.3 is 0 Å². The van der Waals surface area contributed by atoms with Gasteiger partial charge in [0.05, 0.1) is 36.5 Å². The third-order valence-corrected chi connectivity index (χ3v) is 6.69. The molecule has 0 aliphatic heterocycles. The first-order valence-corrected chi connectivity index (χ1v) is 11.5. The second kappa shape index (κ2) is 9.97. The number of methoxy groups -OCH3 is 1. The van der Waals surface area contributed by atoms with Crippen LogP contribution in [0.1, 0.15) is 29.9 Å². The average molecular weight is 429 g/mol. The summed E-state index contributed by atoms with van der Waals surface area (Å²) in [4.78, 5) is 10.9. The van der Waals surface area contributed by atoms with Crippen molar-refractivity contribution in [3.8, 4) is 0 Å². The van der Waals surface area contributed by atoms with E-state index in [9.17, 15) is 8.42 Å². The van der Waals surface area contributed by atoms with Gasteiger partial charge in [-0.25, -0.2) is 13.4 Å². The molecule has 2 heterocycles. The van der Waals surface area contributed by atoms with E-state index in [0.29, 0.717) is 13.1 Å². The lowest BCUT2D eigenvalue weighted by Gasteiger charge is -2.25. The smallest absolute Gasteiger partial charge is 0.228 e. The van der Waals surface area contributed by atoms with Crippen LogP contribution in [0, 0.1) is 0 Å². The summed E-state index contributed by atoms with van der Waals surface area (Å²) in [7, 11) is -0.0748. The molecule has 160 valence electrons. The van der Waals surface area contributed by atoms with Crippen LogP contribution < -0.4 is 0 Å². The normalized spacial score (nSPS) is 12.9. The Kier molecular flexibility index (Phi) is 7.36. The Balaban J connectivity index is 1.91. The van der Waals surface area contributed by atoms with Crippen LogP contribution in [-0.4, -0.2) is 54.4 Å². The second-order valence-corrected chi connectivity index (χ2v) is 9.26.